The third kappa shape index (κ3) is 11.5. The van der Waals surface area contributed by atoms with E-state index in [1.54, 1.807) is 29.4 Å². The van der Waals surface area contributed by atoms with E-state index in [9.17, 15) is 18.0 Å². The van der Waals surface area contributed by atoms with Gasteiger partial charge >= 0.3 is 12.3 Å². The lowest BCUT2D eigenvalue weighted by atomic mass is 10.2. The van der Waals surface area contributed by atoms with Crippen LogP contribution in [-0.4, -0.2) is 91.1 Å². The maximum absolute atomic E-state index is 12.0. The van der Waals surface area contributed by atoms with Gasteiger partial charge in [-0.2, -0.15) is 23.7 Å². The predicted octanol–water partition coefficient (Wildman–Crippen LogP) is 0.646. The van der Waals surface area contributed by atoms with Crippen LogP contribution >= 0.6 is 0 Å². The topological polar surface area (TPSA) is 166 Å². The van der Waals surface area contributed by atoms with Gasteiger partial charge in [0.05, 0.1) is 49.9 Å². The summed E-state index contributed by atoms with van der Waals surface area (Å²) < 4.78 is 36.9. The molecule has 0 aliphatic carbocycles. The Bertz CT molecular complexity index is 1240. The van der Waals surface area contributed by atoms with Gasteiger partial charge in [-0.15, -0.1) is 0 Å². The summed E-state index contributed by atoms with van der Waals surface area (Å²) in [6, 6.07) is 11.4. The van der Waals surface area contributed by atoms with E-state index < -0.39 is 17.7 Å². The Morgan fingerprint density at radius 2 is 1.29 bits per heavy atom. The van der Waals surface area contributed by atoms with Crippen molar-refractivity contribution in [3.63, 3.8) is 0 Å². The first-order valence-electron chi connectivity index (χ1n) is 13.0. The van der Waals surface area contributed by atoms with Crippen LogP contribution in [-0.2, 0) is 9.53 Å². The minimum atomic E-state index is -5.19. The van der Waals surface area contributed by atoms with Crippen molar-refractivity contribution in [1.29, 1.82) is 10.5 Å². The van der Waals surface area contributed by atoms with Crippen LogP contribution in [0.4, 0.5) is 29.3 Å². The van der Waals surface area contributed by atoms with Gasteiger partial charge < -0.3 is 34.7 Å². The molecule has 226 valence electrons. The number of aromatic nitrogens is 2. The number of amides is 1. The highest BCUT2D eigenvalue weighted by Gasteiger charge is 2.29. The van der Waals surface area contributed by atoms with E-state index >= 15 is 0 Å². The molecule has 1 amide bonds. The number of carboxylic acids is 1. The molecule has 0 atom stereocenters. The second kappa shape index (κ2) is 15.4. The third-order valence-electron chi connectivity index (χ3n) is 5.82. The molecule has 15 heteroatoms. The van der Waals surface area contributed by atoms with Gasteiger partial charge in [-0.25, -0.2) is 14.8 Å². The van der Waals surface area contributed by atoms with E-state index in [0.29, 0.717) is 24.5 Å². The van der Waals surface area contributed by atoms with Gasteiger partial charge in [0.2, 0.25) is 0 Å². The minimum Gasteiger partial charge on any atom is -0.542 e. The number of alkyl halides is 3. The van der Waals surface area contributed by atoms with Crippen LogP contribution < -0.4 is 20.2 Å². The van der Waals surface area contributed by atoms with Crippen molar-refractivity contribution in [2.24, 2.45) is 0 Å². The fourth-order valence-corrected chi connectivity index (χ4v) is 3.76. The number of nitrogens with two attached hydrogens (primary N) is 1. The zero-order chi connectivity index (χ0) is 31.3. The van der Waals surface area contributed by atoms with E-state index in [4.69, 9.17) is 25.2 Å². The van der Waals surface area contributed by atoms with Crippen LogP contribution in [0.2, 0.25) is 0 Å². The molecule has 2 N–H and O–H groups in total. The normalized spacial score (nSPS) is 15.1. The summed E-state index contributed by atoms with van der Waals surface area (Å²) in [6.45, 7) is 12.7. The summed E-state index contributed by atoms with van der Waals surface area (Å²) in [5.41, 5.74) is 2.52. The van der Waals surface area contributed by atoms with E-state index in [1.165, 1.54) is 0 Å². The van der Waals surface area contributed by atoms with Crippen molar-refractivity contribution < 1.29 is 37.9 Å². The molecule has 0 aromatic carbocycles. The molecule has 0 spiro atoms. The standard InChI is InChI=1S/C15H20N4O2.C10H12N4.C2HF3O2/c1-15(2,3)21-14(20)19-8-6-18(7-9-19)13-5-4-12(10-16)17-11-13;11-7-9-1-2-10(8-13-9)14-5-3-12-4-6-14;3-2(4,5)1(6)7/h4-5,11H,6-9H2,1-3H3;1-2,8,12H,3-6H2;(H,6,7). The highest BCUT2D eigenvalue weighted by Crippen LogP contribution is 2.17. The maximum atomic E-state index is 12.0. The fraction of sp³-hybridized carbons (Fsp3) is 0.481. The SMILES string of the molecule is CC(C)(C)OC(=O)N1CCN(c2ccc(C#N)nc2)CC1.N#Cc1ccc(N2CC[NH2+]CC2)cn1.O=C([O-])C(F)(F)F. The smallest absolute Gasteiger partial charge is 0.430 e. The molecule has 2 aliphatic rings. The van der Waals surface area contributed by atoms with Crippen LogP contribution in [0.1, 0.15) is 32.2 Å². The lowest BCUT2D eigenvalue weighted by Crippen LogP contribution is -2.89. The van der Waals surface area contributed by atoms with Crippen LogP contribution in [0.5, 0.6) is 0 Å². The van der Waals surface area contributed by atoms with Crippen molar-refractivity contribution in [2.45, 2.75) is 32.5 Å². The number of anilines is 2. The maximum Gasteiger partial charge on any atom is 0.430 e. The first-order valence-corrected chi connectivity index (χ1v) is 13.0. The average Bonchev–Trinajstić information content (AvgIpc) is 2.97. The Morgan fingerprint density at radius 1 is 0.857 bits per heavy atom. The number of hydrogen-bond acceptors (Lipinski definition) is 10. The second-order valence-electron chi connectivity index (χ2n) is 10.1. The van der Waals surface area contributed by atoms with Gasteiger partial charge in [-0.3, -0.25) is 0 Å². The van der Waals surface area contributed by atoms with Gasteiger partial charge in [0, 0.05) is 26.2 Å². The van der Waals surface area contributed by atoms with E-state index in [-0.39, 0.29) is 6.09 Å². The molecule has 12 nitrogen and oxygen atoms in total. The van der Waals surface area contributed by atoms with E-state index in [0.717, 1.165) is 50.6 Å². The zero-order valence-electron chi connectivity index (χ0n) is 23.6. The number of quaternary nitrogens is 1. The van der Waals surface area contributed by atoms with Gasteiger partial charge in [0.15, 0.2) is 0 Å². The molecule has 0 unspecified atom stereocenters. The number of rotatable bonds is 2. The van der Waals surface area contributed by atoms with E-state index in [2.05, 4.69) is 25.1 Å². The molecule has 2 aliphatic heterocycles. The number of piperazine rings is 2. The number of halogens is 3. The molecule has 2 fully saturated rings. The van der Waals surface area contributed by atoms with Crippen molar-refractivity contribution in [1.82, 2.24) is 14.9 Å². The molecular formula is C27H33F3N8O4. The molecule has 42 heavy (non-hydrogen) atoms. The number of pyridine rings is 2. The average molecular weight is 591 g/mol. The summed E-state index contributed by atoms with van der Waals surface area (Å²) in [7, 11) is 0. The van der Waals surface area contributed by atoms with Crippen LogP contribution in [0.25, 0.3) is 0 Å². The summed E-state index contributed by atoms with van der Waals surface area (Å²) >= 11 is 0. The number of hydrogen-bond donors (Lipinski definition) is 1. The second-order valence-corrected chi connectivity index (χ2v) is 10.1. The molecular weight excluding hydrogens is 557 g/mol. The summed E-state index contributed by atoms with van der Waals surface area (Å²) in [5.74, 6) is -3.01. The number of nitrogens with zero attached hydrogens (tertiary/aromatic N) is 7. The third-order valence-corrected chi connectivity index (χ3v) is 5.82. The van der Waals surface area contributed by atoms with Gasteiger partial charge in [0.25, 0.3) is 0 Å². The predicted molar refractivity (Wildman–Crippen MR) is 143 cm³/mol. The summed E-state index contributed by atoms with van der Waals surface area (Å²) in [6.07, 6.45) is -1.98. The molecule has 0 bridgehead atoms. The fourth-order valence-electron chi connectivity index (χ4n) is 3.76. The Labute approximate surface area is 241 Å². The number of aliphatic carboxylic acids is 1. The highest BCUT2D eigenvalue weighted by atomic mass is 19.4. The Kier molecular flexibility index (Phi) is 12.3. The Morgan fingerprint density at radius 3 is 1.62 bits per heavy atom. The van der Waals surface area contributed by atoms with Gasteiger partial charge in [-0.1, -0.05) is 0 Å². The largest absolute Gasteiger partial charge is 0.542 e. The highest BCUT2D eigenvalue weighted by molar-refractivity contribution is 5.70. The monoisotopic (exact) mass is 590 g/mol. The van der Waals surface area contributed by atoms with Crippen LogP contribution in [0.15, 0.2) is 36.7 Å². The van der Waals surface area contributed by atoms with E-state index in [1.807, 2.05) is 45.0 Å². The quantitative estimate of drug-likeness (QED) is 0.525. The lowest BCUT2D eigenvalue weighted by molar-refractivity contribution is -0.655. The van der Waals surface area contributed by atoms with Crippen molar-refractivity contribution >= 4 is 23.4 Å². The first-order chi connectivity index (χ1) is 19.7. The van der Waals surface area contributed by atoms with Crippen molar-refractivity contribution in [3.8, 4) is 12.1 Å². The zero-order valence-corrected chi connectivity index (χ0v) is 23.6. The van der Waals surface area contributed by atoms with Crippen molar-refractivity contribution in [3.05, 3.63) is 48.0 Å². The summed E-state index contributed by atoms with van der Waals surface area (Å²) in [4.78, 5) is 35.1. The molecule has 2 aromatic heterocycles. The van der Waals surface area contributed by atoms with Crippen LogP contribution in [0, 0.1) is 22.7 Å². The van der Waals surface area contributed by atoms with Crippen LogP contribution in [0.3, 0.4) is 0 Å². The Balaban J connectivity index is 0.000000252. The number of ether oxygens (including phenoxy) is 1. The molecule has 0 radical (unpaired) electrons. The van der Waals surface area contributed by atoms with Gasteiger partial charge in [0.1, 0.15) is 35.1 Å². The minimum absolute atomic E-state index is 0.264. The van der Waals surface area contributed by atoms with Crippen molar-refractivity contribution in [2.75, 3.05) is 62.2 Å². The molecule has 4 heterocycles. The Hall–Kier alpha value is -4.63. The number of carbonyl (C=O) groups is 2. The molecule has 4 rings (SSSR count). The first kappa shape index (κ1) is 33.6. The number of nitriles is 2. The number of carbonyl (C=O) groups excluding carboxylic acids is 2. The molecule has 0 saturated carbocycles. The number of carboxylic acid groups (broad SMARTS) is 1. The summed E-state index contributed by atoms with van der Waals surface area (Å²) in [5, 5.41) is 28.4. The van der Waals surface area contributed by atoms with Gasteiger partial charge in [-0.05, 0) is 45.0 Å². The lowest BCUT2D eigenvalue weighted by Gasteiger charge is -2.36. The molecule has 2 aromatic rings. The molecule has 2 saturated heterocycles.